The summed E-state index contributed by atoms with van der Waals surface area (Å²) >= 11 is 6.03. The number of rotatable bonds is 2. The van der Waals surface area contributed by atoms with Crippen LogP contribution >= 0.6 is 11.6 Å². The molecule has 3 N–H and O–H groups in total. The first-order valence-electron chi connectivity index (χ1n) is 5.86. The Bertz CT molecular complexity index is 445. The van der Waals surface area contributed by atoms with Gasteiger partial charge in [0, 0.05) is 18.6 Å². The van der Waals surface area contributed by atoms with Gasteiger partial charge in [-0.2, -0.15) is 5.10 Å². The summed E-state index contributed by atoms with van der Waals surface area (Å²) in [7, 11) is 0. The molecule has 1 aromatic rings. The summed E-state index contributed by atoms with van der Waals surface area (Å²) < 4.78 is 0. The molecule has 17 heavy (non-hydrogen) atoms. The van der Waals surface area contributed by atoms with Crippen molar-refractivity contribution in [3.8, 4) is 0 Å². The highest BCUT2D eigenvalue weighted by molar-refractivity contribution is 6.33. The van der Waals surface area contributed by atoms with Crippen LogP contribution in [0.1, 0.15) is 26.2 Å². The quantitative estimate of drug-likeness (QED) is 0.832. The summed E-state index contributed by atoms with van der Waals surface area (Å²) in [5.41, 5.74) is 6.34. The number of aromatic amines is 1. The van der Waals surface area contributed by atoms with E-state index in [1.165, 1.54) is 0 Å². The number of H-pyrrole nitrogens is 1. The average Bonchev–Trinajstić information content (AvgIpc) is 2.33. The molecular weight excluding hydrogens is 240 g/mol. The zero-order chi connectivity index (χ0) is 12.4. The highest BCUT2D eigenvalue weighted by Gasteiger charge is 2.27. The van der Waals surface area contributed by atoms with Gasteiger partial charge in [0.25, 0.3) is 5.56 Å². The van der Waals surface area contributed by atoms with Gasteiger partial charge in [-0.3, -0.25) is 4.79 Å². The fraction of sp³-hybridized carbons (Fsp3) is 0.636. The first kappa shape index (κ1) is 12.4. The van der Waals surface area contributed by atoms with Crippen LogP contribution < -0.4 is 16.2 Å². The van der Waals surface area contributed by atoms with E-state index in [0.29, 0.717) is 5.69 Å². The molecular formula is C11H17ClN4O. The minimum atomic E-state index is -0.349. The van der Waals surface area contributed by atoms with Crippen molar-refractivity contribution < 1.29 is 0 Å². The maximum absolute atomic E-state index is 11.5. The van der Waals surface area contributed by atoms with Crippen LogP contribution in [0, 0.1) is 0 Å². The maximum atomic E-state index is 11.5. The molecule has 0 aliphatic carbocycles. The molecule has 1 saturated heterocycles. The van der Waals surface area contributed by atoms with Crippen molar-refractivity contribution in [3.63, 3.8) is 0 Å². The average molecular weight is 257 g/mol. The minimum Gasteiger partial charge on any atom is -0.364 e. The highest BCUT2D eigenvalue weighted by atomic mass is 35.5. The van der Waals surface area contributed by atoms with Gasteiger partial charge in [0.05, 0.1) is 11.9 Å². The van der Waals surface area contributed by atoms with Gasteiger partial charge < -0.3 is 10.6 Å². The number of piperidine rings is 1. The van der Waals surface area contributed by atoms with E-state index in [0.717, 1.165) is 25.8 Å². The molecule has 94 valence electrons. The Labute approximate surface area is 105 Å². The Kier molecular flexibility index (Phi) is 3.69. The van der Waals surface area contributed by atoms with Gasteiger partial charge in [-0.15, -0.1) is 0 Å². The molecule has 2 atom stereocenters. The predicted molar refractivity (Wildman–Crippen MR) is 68.5 cm³/mol. The van der Waals surface area contributed by atoms with E-state index in [2.05, 4.69) is 15.1 Å². The molecule has 2 rings (SSSR count). The molecule has 0 saturated carbocycles. The molecule has 0 radical (unpaired) electrons. The largest absolute Gasteiger partial charge is 0.364 e. The van der Waals surface area contributed by atoms with Crippen molar-refractivity contribution in [3.05, 3.63) is 21.6 Å². The van der Waals surface area contributed by atoms with Crippen LogP contribution in [0.5, 0.6) is 0 Å². The molecule has 0 aromatic carbocycles. The van der Waals surface area contributed by atoms with E-state index in [1.807, 2.05) is 6.92 Å². The first-order valence-corrected chi connectivity index (χ1v) is 6.24. The number of hydrogen-bond donors (Lipinski definition) is 2. The zero-order valence-electron chi connectivity index (χ0n) is 9.82. The van der Waals surface area contributed by atoms with Crippen LogP contribution in [-0.2, 0) is 0 Å². The third kappa shape index (κ3) is 2.45. The molecule has 0 bridgehead atoms. The van der Waals surface area contributed by atoms with Crippen molar-refractivity contribution in [2.75, 3.05) is 11.4 Å². The third-order valence-electron chi connectivity index (χ3n) is 3.24. The Hall–Kier alpha value is -1.07. The molecule has 0 amide bonds. The number of halogens is 1. The molecule has 6 heteroatoms. The molecule has 1 aliphatic rings. The summed E-state index contributed by atoms with van der Waals surface area (Å²) in [4.78, 5) is 13.6. The number of anilines is 1. The lowest BCUT2D eigenvalue weighted by molar-refractivity contribution is 0.413. The Morgan fingerprint density at radius 2 is 2.41 bits per heavy atom. The van der Waals surface area contributed by atoms with E-state index < -0.39 is 0 Å². The second kappa shape index (κ2) is 5.06. The number of nitrogens with one attached hydrogen (secondary N) is 1. The molecule has 5 nitrogen and oxygen atoms in total. The minimum absolute atomic E-state index is 0.0469. The number of aromatic nitrogens is 2. The van der Waals surface area contributed by atoms with Gasteiger partial charge in [-0.1, -0.05) is 11.6 Å². The highest BCUT2D eigenvalue weighted by Crippen LogP contribution is 2.29. The third-order valence-corrected chi connectivity index (χ3v) is 3.61. The second-order valence-corrected chi connectivity index (χ2v) is 4.89. The molecule has 2 heterocycles. The van der Waals surface area contributed by atoms with Gasteiger partial charge in [0.2, 0.25) is 0 Å². The Morgan fingerprint density at radius 3 is 3.12 bits per heavy atom. The maximum Gasteiger partial charge on any atom is 0.285 e. The molecule has 1 aliphatic heterocycles. The topological polar surface area (TPSA) is 75.0 Å². The fourth-order valence-electron chi connectivity index (χ4n) is 2.38. The summed E-state index contributed by atoms with van der Waals surface area (Å²) in [6.45, 7) is 2.86. The molecule has 1 aromatic heterocycles. The lowest BCUT2D eigenvalue weighted by Crippen LogP contribution is -2.49. The zero-order valence-corrected chi connectivity index (χ0v) is 10.6. The monoisotopic (exact) mass is 256 g/mol. The van der Waals surface area contributed by atoms with Gasteiger partial charge in [0.1, 0.15) is 5.02 Å². The number of nitrogens with two attached hydrogens (primary N) is 1. The number of hydrogen-bond acceptors (Lipinski definition) is 4. The van der Waals surface area contributed by atoms with Crippen LogP contribution in [0.4, 0.5) is 5.69 Å². The van der Waals surface area contributed by atoms with E-state index in [1.54, 1.807) is 6.20 Å². The van der Waals surface area contributed by atoms with Crippen LogP contribution in [0.2, 0.25) is 5.02 Å². The lowest BCUT2D eigenvalue weighted by atomic mass is 9.96. The normalized spacial score (nSPS) is 22.5. The summed E-state index contributed by atoms with van der Waals surface area (Å²) in [6.07, 6.45) is 4.88. The first-order chi connectivity index (χ1) is 8.11. The van der Waals surface area contributed by atoms with E-state index in [4.69, 9.17) is 17.3 Å². The lowest BCUT2D eigenvalue weighted by Gasteiger charge is -2.39. The molecule has 2 unspecified atom stereocenters. The van der Waals surface area contributed by atoms with Crippen LogP contribution in [0.3, 0.4) is 0 Å². The molecule has 1 fully saturated rings. The van der Waals surface area contributed by atoms with Crippen molar-refractivity contribution in [1.29, 1.82) is 0 Å². The van der Waals surface area contributed by atoms with Crippen LogP contribution in [0.25, 0.3) is 0 Å². The Morgan fingerprint density at radius 1 is 1.65 bits per heavy atom. The Balaban J connectivity index is 2.36. The van der Waals surface area contributed by atoms with Crippen LogP contribution in [0.15, 0.2) is 11.0 Å². The molecule has 0 spiro atoms. The van der Waals surface area contributed by atoms with Gasteiger partial charge >= 0.3 is 0 Å². The second-order valence-electron chi connectivity index (χ2n) is 4.51. The van der Waals surface area contributed by atoms with Crippen molar-refractivity contribution in [2.24, 2.45) is 5.73 Å². The van der Waals surface area contributed by atoms with E-state index in [-0.39, 0.29) is 22.7 Å². The van der Waals surface area contributed by atoms with Crippen molar-refractivity contribution in [1.82, 2.24) is 10.2 Å². The van der Waals surface area contributed by atoms with Gasteiger partial charge in [-0.05, 0) is 26.2 Å². The summed E-state index contributed by atoms with van der Waals surface area (Å²) in [5.74, 6) is 0. The van der Waals surface area contributed by atoms with E-state index in [9.17, 15) is 4.79 Å². The van der Waals surface area contributed by atoms with E-state index >= 15 is 0 Å². The number of nitrogens with zero attached hydrogens (tertiary/aromatic N) is 2. The van der Waals surface area contributed by atoms with Crippen LogP contribution in [-0.4, -0.2) is 28.8 Å². The van der Waals surface area contributed by atoms with Gasteiger partial charge in [0.15, 0.2) is 0 Å². The summed E-state index contributed by atoms with van der Waals surface area (Å²) in [6, 6.07) is 0.274. The standard InChI is InChI=1S/C11H17ClN4O/c1-7(13)8-4-2-3-5-16(8)9-6-14-15-11(17)10(9)12/h6-8H,2-5,13H2,1H3,(H,15,17). The summed E-state index contributed by atoms with van der Waals surface area (Å²) in [5, 5.41) is 6.34. The van der Waals surface area contributed by atoms with Crippen molar-refractivity contribution in [2.45, 2.75) is 38.3 Å². The van der Waals surface area contributed by atoms with Gasteiger partial charge in [-0.25, -0.2) is 5.10 Å². The fourth-order valence-corrected chi connectivity index (χ4v) is 2.58. The predicted octanol–water partition coefficient (Wildman–Crippen LogP) is 1.13. The van der Waals surface area contributed by atoms with Crippen molar-refractivity contribution >= 4 is 17.3 Å². The SMILES string of the molecule is CC(N)C1CCCCN1c1cn[nH]c(=O)c1Cl. The smallest absolute Gasteiger partial charge is 0.285 e.